The van der Waals surface area contributed by atoms with Crippen molar-refractivity contribution >= 4 is 25.8 Å². The molecular weight excluding hydrogens is 493 g/mol. The fraction of sp³-hybridized carbons (Fsp3) is 0.500. The van der Waals surface area contributed by atoms with Crippen LogP contribution in [0.15, 0.2) is 48.5 Å². The maximum atomic E-state index is 13.4. The summed E-state index contributed by atoms with van der Waals surface area (Å²) in [7, 11) is 1.66. The van der Waals surface area contributed by atoms with Crippen LogP contribution >= 0.6 is 11.6 Å². The molecule has 1 N–H and O–H groups in total. The number of carbonyl (C=O) groups excluding carboxylic acids is 1. The first-order valence-corrected chi connectivity index (χ1v) is 14.7. The van der Waals surface area contributed by atoms with E-state index >= 15 is 0 Å². The van der Waals surface area contributed by atoms with Crippen molar-refractivity contribution < 1.29 is 22.4 Å². The van der Waals surface area contributed by atoms with E-state index in [4.69, 9.17) is 16.0 Å². The molecule has 2 atom stereocenters. The molecule has 0 saturated heterocycles. The zero-order valence-corrected chi connectivity index (χ0v) is 23.4. The third-order valence-electron chi connectivity index (χ3n) is 7.13. The predicted octanol–water partition coefficient (Wildman–Crippen LogP) is 7.17. The van der Waals surface area contributed by atoms with Crippen molar-refractivity contribution in [2.75, 3.05) is 20.7 Å². The molecule has 0 bridgehead atoms. The lowest BCUT2D eigenvalue weighted by atomic mass is 9.86. The van der Waals surface area contributed by atoms with Gasteiger partial charge < -0.3 is 9.74 Å². The Balaban J connectivity index is 2.52. The highest BCUT2D eigenvalue weighted by Crippen LogP contribution is 2.40. The summed E-state index contributed by atoms with van der Waals surface area (Å²) >= 11 is 6.06. The van der Waals surface area contributed by atoms with Gasteiger partial charge in [0, 0.05) is 0 Å². The molecule has 2 aromatic rings. The van der Waals surface area contributed by atoms with Crippen LogP contribution in [0.2, 0.25) is 23.2 Å². The van der Waals surface area contributed by atoms with Gasteiger partial charge in [0.1, 0.15) is 0 Å². The number of nitrogens with zero attached hydrogens (tertiary/aromatic N) is 1. The van der Waals surface area contributed by atoms with E-state index in [0.29, 0.717) is 6.61 Å². The van der Waals surface area contributed by atoms with E-state index in [9.17, 15) is 18.0 Å². The molecule has 35 heavy (non-hydrogen) atoms. The minimum atomic E-state index is -4.67. The van der Waals surface area contributed by atoms with E-state index < -0.39 is 42.6 Å². The minimum Gasteiger partial charge on any atom is -0.415 e. The molecule has 0 radical (unpaired) electrons. The average molecular weight is 529 g/mol. The Kier molecular flexibility index (Phi) is 8.91. The van der Waals surface area contributed by atoms with Gasteiger partial charge in [0.25, 0.3) is 5.91 Å². The second kappa shape index (κ2) is 10.6. The van der Waals surface area contributed by atoms with Crippen LogP contribution in [0.1, 0.15) is 55.2 Å². The van der Waals surface area contributed by atoms with Gasteiger partial charge in [0.2, 0.25) is 0 Å². The molecule has 0 aliphatic heterocycles. The van der Waals surface area contributed by atoms with Gasteiger partial charge in [0.05, 0.1) is 34.3 Å². The smallest absolute Gasteiger partial charge is 0.415 e. The van der Waals surface area contributed by atoms with Crippen molar-refractivity contribution in [2.24, 2.45) is 0 Å². The highest BCUT2D eigenvalue weighted by Gasteiger charge is 2.44. The number of carbonyl (C=O) groups is 1. The molecule has 0 heterocycles. The van der Waals surface area contributed by atoms with E-state index in [1.165, 1.54) is 12.1 Å². The SMILES string of the molecule is CN(C)C(C)(CO[Si](C)(C)C(C)(C)C)C(NC(=O)c1cccc(C(F)(F)F)c1Cl)c1ccccc1. The summed E-state index contributed by atoms with van der Waals surface area (Å²) in [4.78, 5) is 15.3. The molecule has 0 aromatic heterocycles. The number of likely N-dealkylation sites (N-methyl/N-ethyl adjacent to an activating group) is 1. The van der Waals surface area contributed by atoms with Crippen LogP contribution in [0.4, 0.5) is 13.2 Å². The van der Waals surface area contributed by atoms with Gasteiger partial charge in [0.15, 0.2) is 8.32 Å². The fourth-order valence-corrected chi connectivity index (χ4v) is 4.80. The maximum Gasteiger partial charge on any atom is 0.417 e. The van der Waals surface area contributed by atoms with Crippen LogP contribution in [0.25, 0.3) is 0 Å². The second-order valence-electron chi connectivity index (χ2n) is 10.8. The summed E-state index contributed by atoms with van der Waals surface area (Å²) in [5, 5.41) is 2.34. The molecule has 4 nitrogen and oxygen atoms in total. The molecule has 2 aromatic carbocycles. The highest BCUT2D eigenvalue weighted by molar-refractivity contribution is 6.74. The van der Waals surface area contributed by atoms with E-state index in [-0.39, 0.29) is 10.6 Å². The summed E-state index contributed by atoms with van der Waals surface area (Å²) in [6.07, 6.45) is -4.67. The van der Waals surface area contributed by atoms with Gasteiger partial charge in [-0.15, -0.1) is 0 Å². The van der Waals surface area contributed by atoms with Gasteiger partial charge in [-0.2, -0.15) is 13.2 Å². The number of halogens is 4. The van der Waals surface area contributed by atoms with Crippen molar-refractivity contribution in [3.8, 4) is 0 Å². The van der Waals surface area contributed by atoms with Crippen molar-refractivity contribution in [3.05, 3.63) is 70.2 Å². The van der Waals surface area contributed by atoms with Crippen molar-refractivity contribution in [2.45, 2.75) is 63.6 Å². The first-order valence-electron chi connectivity index (χ1n) is 11.4. The Morgan fingerprint density at radius 2 is 1.60 bits per heavy atom. The van der Waals surface area contributed by atoms with Crippen molar-refractivity contribution in [3.63, 3.8) is 0 Å². The lowest BCUT2D eigenvalue weighted by Crippen LogP contribution is -2.58. The highest BCUT2D eigenvalue weighted by atomic mass is 35.5. The van der Waals surface area contributed by atoms with Crippen LogP contribution in [0.5, 0.6) is 0 Å². The molecule has 1 amide bonds. The van der Waals surface area contributed by atoms with E-state index in [2.05, 4.69) is 39.2 Å². The lowest BCUT2D eigenvalue weighted by Gasteiger charge is -2.46. The molecule has 0 saturated carbocycles. The molecule has 0 aliphatic carbocycles. The number of hydrogen-bond donors (Lipinski definition) is 1. The van der Waals surface area contributed by atoms with Crippen molar-refractivity contribution in [1.82, 2.24) is 10.2 Å². The quantitative estimate of drug-likeness (QED) is 0.369. The Morgan fingerprint density at radius 1 is 1.03 bits per heavy atom. The van der Waals surface area contributed by atoms with Gasteiger partial charge in [-0.25, -0.2) is 0 Å². The summed E-state index contributed by atoms with van der Waals surface area (Å²) < 4.78 is 46.7. The molecule has 2 rings (SSSR count). The Labute approximate surface area is 212 Å². The Morgan fingerprint density at radius 3 is 2.09 bits per heavy atom. The van der Waals surface area contributed by atoms with Gasteiger partial charge in [-0.05, 0) is 56.8 Å². The summed E-state index contributed by atoms with van der Waals surface area (Å²) in [6.45, 7) is 13.1. The first-order chi connectivity index (χ1) is 15.9. The second-order valence-corrected chi connectivity index (χ2v) is 16.0. The first kappa shape index (κ1) is 29.4. The van der Waals surface area contributed by atoms with Crippen LogP contribution in [0, 0.1) is 0 Å². The van der Waals surface area contributed by atoms with Gasteiger partial charge in [-0.3, -0.25) is 9.69 Å². The molecule has 194 valence electrons. The van der Waals surface area contributed by atoms with Gasteiger partial charge >= 0.3 is 6.18 Å². The normalized spacial score (nSPS) is 15.6. The standard InChI is InChI=1S/C26H36ClF3N2O2Si/c1-24(2,3)35(7,8)34-17-25(4,32(5)6)22(18-13-10-9-11-14-18)31-23(33)19-15-12-16-20(21(19)27)26(28,29)30/h9-16,22H,17H2,1-8H3,(H,31,33). The molecule has 2 unspecified atom stereocenters. The van der Waals surface area contributed by atoms with Crippen LogP contribution in [-0.4, -0.2) is 45.4 Å². The number of hydrogen-bond acceptors (Lipinski definition) is 3. The largest absolute Gasteiger partial charge is 0.417 e. The third-order valence-corrected chi connectivity index (χ3v) is 12.0. The van der Waals surface area contributed by atoms with Gasteiger partial charge in [-0.1, -0.05) is 68.8 Å². The zero-order chi connectivity index (χ0) is 26.8. The van der Waals surface area contributed by atoms with E-state index in [0.717, 1.165) is 11.6 Å². The van der Waals surface area contributed by atoms with Crippen LogP contribution in [0.3, 0.4) is 0 Å². The van der Waals surface area contributed by atoms with E-state index in [1.807, 2.05) is 56.3 Å². The number of benzene rings is 2. The van der Waals surface area contributed by atoms with Crippen LogP contribution in [-0.2, 0) is 10.6 Å². The zero-order valence-electron chi connectivity index (χ0n) is 21.7. The molecule has 9 heteroatoms. The Bertz CT molecular complexity index is 1020. The maximum absolute atomic E-state index is 13.4. The summed E-state index contributed by atoms with van der Waals surface area (Å²) in [5.74, 6) is -0.685. The topological polar surface area (TPSA) is 41.6 Å². The lowest BCUT2D eigenvalue weighted by molar-refractivity contribution is -0.137. The minimum absolute atomic E-state index is 0.0166. The number of rotatable bonds is 8. The predicted molar refractivity (Wildman–Crippen MR) is 138 cm³/mol. The van der Waals surface area contributed by atoms with Crippen molar-refractivity contribution in [1.29, 1.82) is 0 Å². The van der Waals surface area contributed by atoms with Crippen LogP contribution < -0.4 is 5.32 Å². The molecule has 0 spiro atoms. The average Bonchev–Trinajstić information content (AvgIpc) is 2.74. The van der Waals surface area contributed by atoms with E-state index in [1.54, 1.807) is 0 Å². The molecular formula is C26H36ClF3N2O2Si. The monoisotopic (exact) mass is 528 g/mol. The Hall–Kier alpha value is -1.87. The number of amides is 1. The fourth-order valence-electron chi connectivity index (χ4n) is 3.39. The number of alkyl halides is 3. The molecule has 0 aliphatic rings. The summed E-state index contributed by atoms with van der Waals surface area (Å²) in [6, 6.07) is 12.1. The third kappa shape index (κ3) is 6.67. The molecule has 0 fully saturated rings. The summed E-state index contributed by atoms with van der Waals surface area (Å²) in [5.41, 5.74) is -1.19. The number of nitrogens with one attached hydrogen (secondary N) is 1.